The van der Waals surface area contributed by atoms with Gasteiger partial charge in [-0.1, -0.05) is 61.5 Å². The Bertz CT molecular complexity index is 1110. The van der Waals surface area contributed by atoms with Crippen LogP contribution in [0.2, 0.25) is 0 Å². The van der Waals surface area contributed by atoms with Gasteiger partial charge in [-0.15, -0.1) is 0 Å². The lowest BCUT2D eigenvalue weighted by Gasteiger charge is -2.31. The van der Waals surface area contributed by atoms with E-state index in [2.05, 4.69) is 5.32 Å². The number of ether oxygens (including phenoxy) is 2. The summed E-state index contributed by atoms with van der Waals surface area (Å²) in [5, 5.41) is 2.92. The first kappa shape index (κ1) is 25.7. The molecule has 2 amide bonds. The molecule has 3 rings (SSSR count). The Morgan fingerprint density at radius 3 is 2.40 bits per heavy atom. The number of benzene rings is 3. The van der Waals surface area contributed by atoms with Gasteiger partial charge in [0.25, 0.3) is 5.91 Å². The number of nitrogens with one attached hydrogen (secondary N) is 1. The van der Waals surface area contributed by atoms with Gasteiger partial charge >= 0.3 is 0 Å². The number of hydrogen-bond acceptors (Lipinski definition) is 4. The van der Waals surface area contributed by atoms with E-state index in [9.17, 15) is 14.0 Å². The predicted octanol–water partition coefficient (Wildman–Crippen LogP) is 4.38. The topological polar surface area (TPSA) is 67.9 Å². The van der Waals surface area contributed by atoms with Crippen molar-refractivity contribution in [2.24, 2.45) is 0 Å². The van der Waals surface area contributed by atoms with E-state index >= 15 is 0 Å². The lowest BCUT2D eigenvalue weighted by atomic mass is 10.0. The smallest absolute Gasteiger partial charge is 0.261 e. The van der Waals surface area contributed by atoms with Crippen LogP contribution >= 0.6 is 0 Å². The summed E-state index contributed by atoms with van der Waals surface area (Å²) >= 11 is 0. The molecule has 0 saturated carbocycles. The third-order valence-electron chi connectivity index (χ3n) is 5.50. The summed E-state index contributed by atoms with van der Waals surface area (Å²) in [7, 11) is 1.57. The zero-order valence-corrected chi connectivity index (χ0v) is 20.1. The van der Waals surface area contributed by atoms with E-state index in [1.807, 2.05) is 61.5 Å². The Morgan fingerprint density at radius 2 is 1.69 bits per heavy atom. The van der Waals surface area contributed by atoms with Crippen LogP contribution in [0.5, 0.6) is 11.5 Å². The lowest BCUT2D eigenvalue weighted by molar-refractivity contribution is -0.142. The van der Waals surface area contributed by atoms with Crippen LogP contribution in [0.25, 0.3) is 0 Å². The first-order valence-corrected chi connectivity index (χ1v) is 11.6. The van der Waals surface area contributed by atoms with Crippen LogP contribution in [-0.4, -0.2) is 43.0 Å². The minimum absolute atomic E-state index is 0.0165. The molecule has 6 nitrogen and oxygen atoms in total. The fourth-order valence-corrected chi connectivity index (χ4v) is 3.67. The van der Waals surface area contributed by atoms with Gasteiger partial charge < -0.3 is 19.7 Å². The van der Waals surface area contributed by atoms with Gasteiger partial charge in [0.2, 0.25) is 5.91 Å². The molecule has 3 aromatic rings. The van der Waals surface area contributed by atoms with Crippen LogP contribution in [0.4, 0.5) is 4.39 Å². The Balaban J connectivity index is 1.91. The number of carbonyl (C=O) groups is 2. The van der Waals surface area contributed by atoms with Gasteiger partial charge in [-0.05, 0) is 41.8 Å². The SMILES string of the molecule is CCCNC(=O)[C@@H](Cc1ccccc1)N(Cc1cccc(OC)c1)C(=O)COc1ccccc1F. The van der Waals surface area contributed by atoms with Crippen LogP contribution in [0, 0.1) is 5.82 Å². The summed E-state index contributed by atoms with van der Waals surface area (Å²) in [6, 6.07) is 22.0. The van der Waals surface area contributed by atoms with Crippen molar-refractivity contribution >= 4 is 11.8 Å². The van der Waals surface area contributed by atoms with Gasteiger partial charge in [0.15, 0.2) is 18.2 Å². The fraction of sp³-hybridized carbons (Fsp3) is 0.286. The number of rotatable bonds is 12. The van der Waals surface area contributed by atoms with Crippen LogP contribution in [-0.2, 0) is 22.6 Å². The molecule has 0 aliphatic carbocycles. The number of hydrogen-bond donors (Lipinski definition) is 1. The Hall–Kier alpha value is -3.87. The van der Waals surface area contributed by atoms with Crippen molar-refractivity contribution < 1.29 is 23.5 Å². The third kappa shape index (κ3) is 7.57. The van der Waals surface area contributed by atoms with Crippen molar-refractivity contribution in [2.45, 2.75) is 32.4 Å². The Kier molecular flexibility index (Phi) is 9.66. The van der Waals surface area contributed by atoms with E-state index in [1.165, 1.54) is 17.0 Å². The molecule has 0 radical (unpaired) electrons. The molecule has 7 heteroatoms. The summed E-state index contributed by atoms with van der Waals surface area (Å²) < 4.78 is 24.9. The molecule has 0 fully saturated rings. The van der Waals surface area contributed by atoms with Crippen molar-refractivity contribution in [3.8, 4) is 11.5 Å². The normalized spacial score (nSPS) is 11.4. The lowest BCUT2D eigenvalue weighted by Crippen LogP contribution is -2.51. The Morgan fingerprint density at radius 1 is 0.971 bits per heavy atom. The summed E-state index contributed by atoms with van der Waals surface area (Å²) in [4.78, 5) is 28.2. The summed E-state index contributed by atoms with van der Waals surface area (Å²) in [6.45, 7) is 2.22. The largest absolute Gasteiger partial charge is 0.497 e. The third-order valence-corrected chi connectivity index (χ3v) is 5.50. The molecule has 0 aliphatic rings. The molecular formula is C28H31FN2O4. The quantitative estimate of drug-likeness (QED) is 0.420. The molecule has 0 aromatic heterocycles. The number of para-hydroxylation sites is 1. The molecule has 0 bridgehead atoms. The number of carbonyl (C=O) groups excluding carboxylic acids is 2. The highest BCUT2D eigenvalue weighted by molar-refractivity contribution is 5.88. The van der Waals surface area contributed by atoms with Crippen molar-refractivity contribution in [1.29, 1.82) is 0 Å². The maximum absolute atomic E-state index is 14.1. The maximum atomic E-state index is 14.1. The molecule has 0 saturated heterocycles. The van der Waals surface area contributed by atoms with E-state index < -0.39 is 24.4 Å². The monoisotopic (exact) mass is 478 g/mol. The van der Waals surface area contributed by atoms with Crippen molar-refractivity contribution in [1.82, 2.24) is 10.2 Å². The van der Waals surface area contributed by atoms with E-state index in [0.29, 0.717) is 18.7 Å². The second kappa shape index (κ2) is 13.1. The van der Waals surface area contributed by atoms with Gasteiger partial charge in [0.1, 0.15) is 11.8 Å². The van der Waals surface area contributed by atoms with Gasteiger partial charge in [-0.25, -0.2) is 4.39 Å². The van der Waals surface area contributed by atoms with E-state index in [1.54, 1.807) is 19.2 Å². The molecule has 3 aromatic carbocycles. The van der Waals surface area contributed by atoms with Crippen LogP contribution in [0.15, 0.2) is 78.9 Å². The van der Waals surface area contributed by atoms with Crippen molar-refractivity contribution in [2.75, 3.05) is 20.3 Å². The molecule has 35 heavy (non-hydrogen) atoms. The highest BCUT2D eigenvalue weighted by Crippen LogP contribution is 2.20. The van der Waals surface area contributed by atoms with Crippen molar-refractivity contribution in [3.05, 3.63) is 95.8 Å². The molecule has 0 unspecified atom stereocenters. The fourth-order valence-electron chi connectivity index (χ4n) is 3.67. The predicted molar refractivity (Wildman–Crippen MR) is 133 cm³/mol. The van der Waals surface area contributed by atoms with Crippen LogP contribution < -0.4 is 14.8 Å². The van der Waals surface area contributed by atoms with Gasteiger partial charge in [0.05, 0.1) is 7.11 Å². The minimum Gasteiger partial charge on any atom is -0.497 e. The number of amides is 2. The van der Waals surface area contributed by atoms with Gasteiger partial charge in [-0.2, -0.15) is 0 Å². The summed E-state index contributed by atoms with van der Waals surface area (Å²) in [5.41, 5.74) is 1.72. The molecule has 1 N–H and O–H groups in total. The highest BCUT2D eigenvalue weighted by Gasteiger charge is 2.30. The highest BCUT2D eigenvalue weighted by atomic mass is 19.1. The van der Waals surface area contributed by atoms with Crippen LogP contribution in [0.1, 0.15) is 24.5 Å². The molecular weight excluding hydrogens is 447 g/mol. The van der Waals surface area contributed by atoms with Gasteiger partial charge in [-0.3, -0.25) is 9.59 Å². The standard InChI is InChI=1S/C28H31FN2O4/c1-3-16-30-28(33)25(18-21-10-5-4-6-11-21)31(19-22-12-9-13-23(17-22)34-2)27(32)20-35-26-15-8-7-14-24(26)29/h4-15,17,25H,3,16,18-20H2,1-2H3,(H,30,33)/t25-/m1/s1. The first-order valence-electron chi connectivity index (χ1n) is 11.6. The maximum Gasteiger partial charge on any atom is 0.261 e. The summed E-state index contributed by atoms with van der Waals surface area (Å²) in [5.74, 6) is -0.604. The zero-order chi connectivity index (χ0) is 25.0. The summed E-state index contributed by atoms with van der Waals surface area (Å²) in [6.07, 6.45) is 1.09. The zero-order valence-electron chi connectivity index (χ0n) is 20.1. The average Bonchev–Trinajstić information content (AvgIpc) is 2.89. The van der Waals surface area contributed by atoms with Crippen LogP contribution in [0.3, 0.4) is 0 Å². The number of methoxy groups -OCH3 is 1. The van der Waals surface area contributed by atoms with E-state index in [-0.39, 0.29) is 18.2 Å². The number of halogens is 1. The molecule has 184 valence electrons. The Labute approximate surface area is 205 Å². The second-order valence-electron chi connectivity index (χ2n) is 8.09. The molecule has 0 heterocycles. The van der Waals surface area contributed by atoms with E-state index in [0.717, 1.165) is 17.5 Å². The minimum atomic E-state index is -0.785. The van der Waals surface area contributed by atoms with Gasteiger partial charge in [0, 0.05) is 19.5 Å². The molecule has 1 atom stereocenters. The molecule has 0 spiro atoms. The average molecular weight is 479 g/mol. The second-order valence-corrected chi connectivity index (χ2v) is 8.09. The number of nitrogens with zero attached hydrogens (tertiary/aromatic N) is 1. The van der Waals surface area contributed by atoms with E-state index in [4.69, 9.17) is 9.47 Å². The van der Waals surface area contributed by atoms with Crippen molar-refractivity contribution in [3.63, 3.8) is 0 Å². The molecule has 0 aliphatic heterocycles. The first-order chi connectivity index (χ1) is 17.0.